The zero-order valence-corrected chi connectivity index (χ0v) is 16.7. The van der Waals surface area contributed by atoms with Crippen LogP contribution in [0.4, 0.5) is 0 Å². The normalized spacial score (nSPS) is 17.1. The molecule has 142 valence electrons. The van der Waals surface area contributed by atoms with Crippen molar-refractivity contribution in [3.63, 3.8) is 0 Å². The van der Waals surface area contributed by atoms with Crippen molar-refractivity contribution in [1.82, 2.24) is 15.1 Å². The van der Waals surface area contributed by atoms with E-state index in [1.165, 1.54) is 22.4 Å². The molecule has 1 N–H and O–H groups in total. The number of benzene rings is 2. The summed E-state index contributed by atoms with van der Waals surface area (Å²) in [6.07, 6.45) is 2.09. The number of hydrogen-bond acceptors (Lipinski definition) is 2. The highest BCUT2D eigenvalue weighted by molar-refractivity contribution is 5.99. The van der Waals surface area contributed by atoms with E-state index in [-0.39, 0.29) is 11.3 Å². The lowest BCUT2D eigenvalue weighted by Crippen LogP contribution is -2.23. The van der Waals surface area contributed by atoms with E-state index in [1.807, 2.05) is 17.0 Å². The number of aromatic amines is 1. The quantitative estimate of drug-likeness (QED) is 0.727. The van der Waals surface area contributed by atoms with Gasteiger partial charge in [0.25, 0.3) is 5.91 Å². The molecule has 3 aromatic rings. The molecule has 1 aliphatic heterocycles. The number of aryl methyl sites for hydroxylation is 1. The van der Waals surface area contributed by atoms with E-state index in [0.717, 1.165) is 35.2 Å². The third kappa shape index (κ3) is 2.84. The molecule has 28 heavy (non-hydrogen) atoms. The van der Waals surface area contributed by atoms with Gasteiger partial charge in [-0.2, -0.15) is 5.10 Å². The Morgan fingerprint density at radius 2 is 1.89 bits per heavy atom. The van der Waals surface area contributed by atoms with Gasteiger partial charge in [0, 0.05) is 35.5 Å². The number of nitrogens with one attached hydrogen (secondary N) is 1. The summed E-state index contributed by atoms with van der Waals surface area (Å²) < 4.78 is 0. The second-order valence-electron chi connectivity index (χ2n) is 9.07. The molecule has 0 radical (unpaired) electrons. The molecule has 0 saturated carbocycles. The smallest absolute Gasteiger partial charge is 0.254 e. The average molecular weight is 371 g/mol. The number of fused-ring (bicyclic) bond motifs is 2. The van der Waals surface area contributed by atoms with Gasteiger partial charge in [-0.05, 0) is 48.4 Å². The van der Waals surface area contributed by atoms with Crippen LogP contribution >= 0.6 is 0 Å². The molecular weight excluding hydrogens is 346 g/mol. The number of hydrogen-bond donors (Lipinski definition) is 1. The minimum atomic E-state index is 0.121. The van der Waals surface area contributed by atoms with Gasteiger partial charge in [0.15, 0.2) is 0 Å². The third-order valence-corrected chi connectivity index (χ3v) is 6.01. The topological polar surface area (TPSA) is 49.0 Å². The van der Waals surface area contributed by atoms with E-state index in [1.54, 1.807) is 0 Å². The second-order valence-corrected chi connectivity index (χ2v) is 9.07. The fourth-order valence-corrected chi connectivity index (χ4v) is 4.57. The van der Waals surface area contributed by atoms with E-state index in [0.29, 0.717) is 13.1 Å². The van der Waals surface area contributed by atoms with Crippen molar-refractivity contribution < 1.29 is 4.79 Å². The molecule has 0 unspecified atom stereocenters. The molecule has 5 rings (SSSR count). The summed E-state index contributed by atoms with van der Waals surface area (Å²) in [5, 5.41) is 7.83. The first-order valence-corrected chi connectivity index (χ1v) is 9.94. The molecule has 2 aliphatic rings. The first-order chi connectivity index (χ1) is 13.4. The molecule has 0 spiro atoms. The summed E-state index contributed by atoms with van der Waals surface area (Å²) in [7, 11) is 0. The fourth-order valence-electron chi connectivity index (χ4n) is 4.57. The average Bonchev–Trinajstić information content (AvgIpc) is 3.27. The van der Waals surface area contributed by atoms with Crippen molar-refractivity contribution in [1.29, 1.82) is 0 Å². The molecule has 4 nitrogen and oxygen atoms in total. The predicted molar refractivity (Wildman–Crippen MR) is 110 cm³/mol. The van der Waals surface area contributed by atoms with Crippen molar-refractivity contribution in [2.45, 2.75) is 46.7 Å². The Balaban J connectivity index is 1.42. The van der Waals surface area contributed by atoms with Crippen molar-refractivity contribution in [3.05, 3.63) is 76.0 Å². The molecule has 0 bridgehead atoms. The van der Waals surface area contributed by atoms with Crippen molar-refractivity contribution in [2.24, 2.45) is 5.41 Å². The van der Waals surface area contributed by atoms with Crippen molar-refractivity contribution >= 4 is 5.91 Å². The Kier molecular flexibility index (Phi) is 3.73. The summed E-state index contributed by atoms with van der Waals surface area (Å²) in [5.74, 6) is 0.121. The fraction of sp³-hybridized carbons (Fsp3) is 0.333. The minimum absolute atomic E-state index is 0.121. The molecule has 4 heteroatoms. The highest BCUT2D eigenvalue weighted by Crippen LogP contribution is 2.40. The van der Waals surface area contributed by atoms with Crippen molar-refractivity contribution in [2.75, 3.05) is 0 Å². The summed E-state index contributed by atoms with van der Waals surface area (Å²) in [6, 6.07) is 14.6. The number of aromatic nitrogens is 2. The van der Waals surface area contributed by atoms with Gasteiger partial charge in [-0.15, -0.1) is 0 Å². The van der Waals surface area contributed by atoms with Gasteiger partial charge >= 0.3 is 0 Å². The predicted octanol–water partition coefficient (Wildman–Crippen LogP) is 4.67. The van der Waals surface area contributed by atoms with E-state index in [4.69, 9.17) is 0 Å². The summed E-state index contributed by atoms with van der Waals surface area (Å²) >= 11 is 0. The number of nitrogens with zero attached hydrogens (tertiary/aromatic N) is 2. The van der Waals surface area contributed by atoms with Crippen LogP contribution in [-0.2, 0) is 25.9 Å². The summed E-state index contributed by atoms with van der Waals surface area (Å²) in [4.78, 5) is 14.8. The van der Waals surface area contributed by atoms with Crippen LogP contribution in [0.2, 0.25) is 0 Å². The number of rotatable bonds is 3. The van der Waals surface area contributed by atoms with E-state index in [9.17, 15) is 4.79 Å². The van der Waals surface area contributed by atoms with Crippen molar-refractivity contribution in [3.8, 4) is 11.3 Å². The van der Waals surface area contributed by atoms with Crippen LogP contribution in [0.1, 0.15) is 52.2 Å². The Morgan fingerprint density at radius 3 is 2.68 bits per heavy atom. The van der Waals surface area contributed by atoms with Crippen LogP contribution in [0, 0.1) is 12.3 Å². The van der Waals surface area contributed by atoms with E-state index >= 15 is 0 Å². The van der Waals surface area contributed by atoms with E-state index in [2.05, 4.69) is 61.3 Å². The molecule has 1 amide bonds. The lowest BCUT2D eigenvalue weighted by Gasteiger charge is -2.16. The van der Waals surface area contributed by atoms with E-state index < -0.39 is 0 Å². The van der Waals surface area contributed by atoms with Gasteiger partial charge < -0.3 is 4.90 Å². The molecule has 2 aromatic carbocycles. The molecule has 0 fully saturated rings. The third-order valence-electron chi connectivity index (χ3n) is 6.01. The highest BCUT2D eigenvalue weighted by atomic mass is 16.2. The van der Waals surface area contributed by atoms with Gasteiger partial charge in [-0.3, -0.25) is 9.89 Å². The van der Waals surface area contributed by atoms with Crippen LogP contribution in [0.25, 0.3) is 11.3 Å². The van der Waals surface area contributed by atoms with Crippen LogP contribution in [-0.4, -0.2) is 21.0 Å². The number of H-pyrrole nitrogens is 1. The van der Waals surface area contributed by atoms with Crippen LogP contribution in [0.15, 0.2) is 42.5 Å². The van der Waals surface area contributed by atoms with Gasteiger partial charge in [-0.1, -0.05) is 49.7 Å². The first-order valence-electron chi connectivity index (χ1n) is 9.94. The SMILES string of the molecule is Cc1ccc(CN2Cc3cc(-c4n[nH]c5c4CC(C)(C)C5)ccc3C2=O)cc1. The first kappa shape index (κ1) is 17.2. The van der Waals surface area contributed by atoms with Gasteiger partial charge in [0.05, 0.1) is 5.69 Å². The molecule has 1 aromatic heterocycles. The largest absolute Gasteiger partial charge is 0.330 e. The minimum Gasteiger partial charge on any atom is -0.330 e. The number of carbonyl (C=O) groups excluding carboxylic acids is 1. The zero-order chi connectivity index (χ0) is 19.5. The monoisotopic (exact) mass is 371 g/mol. The summed E-state index contributed by atoms with van der Waals surface area (Å²) in [6.45, 7) is 7.99. The molecule has 1 aliphatic carbocycles. The number of amides is 1. The van der Waals surface area contributed by atoms with Gasteiger partial charge in [0.1, 0.15) is 0 Å². The Morgan fingerprint density at radius 1 is 1.11 bits per heavy atom. The Hall–Kier alpha value is -2.88. The van der Waals surface area contributed by atoms with Crippen LogP contribution in [0.5, 0.6) is 0 Å². The van der Waals surface area contributed by atoms with Crippen LogP contribution in [0.3, 0.4) is 0 Å². The Bertz CT molecular complexity index is 1080. The highest BCUT2D eigenvalue weighted by Gasteiger charge is 2.33. The van der Waals surface area contributed by atoms with Gasteiger partial charge in [-0.25, -0.2) is 0 Å². The van der Waals surface area contributed by atoms with Crippen LogP contribution < -0.4 is 0 Å². The molecule has 2 heterocycles. The lowest BCUT2D eigenvalue weighted by atomic mass is 9.90. The zero-order valence-electron chi connectivity index (χ0n) is 16.7. The standard InChI is InChI=1S/C24H25N3O/c1-15-4-6-16(7-5-15)13-27-14-18-10-17(8-9-19(18)23(27)28)22-20-11-24(2,3)12-21(20)25-26-22/h4-10H,11-14H2,1-3H3,(H,25,26). The molecule has 0 atom stereocenters. The maximum absolute atomic E-state index is 12.8. The summed E-state index contributed by atoms with van der Waals surface area (Å²) in [5.41, 5.74) is 9.37. The maximum Gasteiger partial charge on any atom is 0.254 e. The second kappa shape index (κ2) is 6.06. The lowest BCUT2D eigenvalue weighted by molar-refractivity contribution is 0.0766. The molecular formula is C24H25N3O. The molecule has 0 saturated heterocycles. The maximum atomic E-state index is 12.8. The van der Waals surface area contributed by atoms with Gasteiger partial charge in [0.2, 0.25) is 0 Å². The Labute approximate surface area is 165 Å². The number of carbonyl (C=O) groups is 1.